The smallest absolute Gasteiger partial charge is 0.386 e. The number of unbranched alkanes of at least 4 members (excludes halogenated alkanes) is 3. The molecule has 0 aliphatic carbocycles. The average Bonchev–Trinajstić information content (AvgIpc) is 3.89. The van der Waals surface area contributed by atoms with Crippen molar-refractivity contribution in [3.8, 4) is 0 Å². The number of carbonyl (C=O) groups is 5. The summed E-state index contributed by atoms with van der Waals surface area (Å²) in [5.74, 6) is -4.11. The van der Waals surface area contributed by atoms with Gasteiger partial charge >= 0.3 is 7.75 Å². The van der Waals surface area contributed by atoms with Gasteiger partial charge in [-0.2, -0.15) is 4.67 Å². The average molecular weight is 1090 g/mol. The summed E-state index contributed by atoms with van der Waals surface area (Å²) in [5, 5.41) is 23.0. The third-order valence-electron chi connectivity index (χ3n) is 14.7. The molecule has 0 saturated carbocycles. The molecule has 1 fully saturated rings. The van der Waals surface area contributed by atoms with Gasteiger partial charge in [-0.05, 0) is 87.1 Å². The van der Waals surface area contributed by atoms with E-state index in [-0.39, 0.29) is 49.5 Å². The number of carbonyl (C=O) groups excluding carboxylic acids is 5. The first-order valence-electron chi connectivity index (χ1n) is 26.9. The van der Waals surface area contributed by atoms with Crippen LogP contribution in [-0.4, -0.2) is 156 Å². The highest BCUT2D eigenvalue weighted by molar-refractivity contribution is 7.50. The number of nitrogens with zero attached hydrogens (tertiary/aromatic N) is 7. The topological polar surface area (TPSA) is 278 Å². The molecule has 0 bridgehead atoms. The van der Waals surface area contributed by atoms with Gasteiger partial charge in [-0.25, -0.2) is 4.57 Å². The van der Waals surface area contributed by atoms with E-state index in [9.17, 15) is 38.5 Å². The van der Waals surface area contributed by atoms with Crippen molar-refractivity contribution < 1.29 is 52.5 Å². The van der Waals surface area contributed by atoms with Crippen LogP contribution in [-0.2, 0) is 49.0 Å². The molecule has 21 nitrogen and oxygen atoms in total. The molecule has 22 heteroatoms. The highest BCUT2D eigenvalue weighted by Gasteiger charge is 2.45. The van der Waals surface area contributed by atoms with E-state index in [1.807, 2.05) is 32.0 Å². The van der Waals surface area contributed by atoms with Gasteiger partial charge in [0.2, 0.25) is 29.5 Å². The lowest BCUT2D eigenvalue weighted by Gasteiger charge is -2.40. The number of rotatable bonds is 34. The predicted octanol–water partition coefficient (Wildman–Crippen LogP) is 6.60. The van der Waals surface area contributed by atoms with Gasteiger partial charge in [0.25, 0.3) is 0 Å². The van der Waals surface area contributed by atoms with Gasteiger partial charge in [0.15, 0.2) is 0 Å². The van der Waals surface area contributed by atoms with Crippen LogP contribution >= 0.6 is 7.75 Å². The molecule has 5 N–H and O–H groups in total. The van der Waals surface area contributed by atoms with Crippen LogP contribution < -0.4 is 16.0 Å². The van der Waals surface area contributed by atoms with E-state index in [2.05, 4.69) is 31.0 Å². The number of hydrogen-bond acceptors (Lipinski definition) is 12. The number of aliphatic hydroxyl groups excluding tert-OH is 1. The maximum atomic E-state index is 14.7. The molecule has 2 aromatic rings. The molecule has 1 aromatic carbocycles. The second kappa shape index (κ2) is 32.7. The summed E-state index contributed by atoms with van der Waals surface area (Å²) in [6.07, 6.45) is 2.41. The standard InChI is InChI=1S/C54H89N10O11P/c1-13-37(6)48(44(73-11)33-45(65)64-32-28-41(34-64)50(74-12)38(7)51(67)59-39(8)49(66)40-23-17-16-18-24-40)62(9)54(70)46(35(2)3)60-53(69)47(36(4)5)63(10)76(71,72)75-43(27-26-42-25-19-22-29-56-42)52(68)57-30-20-14-15-21-31-58-61-55/h16-19,22-25,29,35-39,41,43-44,46-50,66H,13-15,20-21,26-28,30-34H2,1-12H3,(H,57,68)(H,59,67)(H,60,69)(H,71,72)/t37-,38+,39+,41?,43?,44+,46-,47-,48-,49+,50+/m0/s1. The summed E-state index contributed by atoms with van der Waals surface area (Å²) in [7, 11) is 1.07. The number of likely N-dealkylation sites (tertiary alicyclic amines) is 1. The van der Waals surface area contributed by atoms with E-state index in [0.29, 0.717) is 56.6 Å². The molecule has 1 aliphatic heterocycles. The molecule has 5 amide bonds. The molecule has 1 aliphatic rings. The van der Waals surface area contributed by atoms with Crippen LogP contribution in [0.1, 0.15) is 124 Å². The van der Waals surface area contributed by atoms with Gasteiger partial charge in [-0.15, -0.1) is 0 Å². The van der Waals surface area contributed by atoms with Crippen LogP contribution in [0.4, 0.5) is 0 Å². The number of aryl methyl sites for hydroxylation is 1. The Bertz CT molecular complexity index is 2210. The van der Waals surface area contributed by atoms with Crippen molar-refractivity contribution in [3.63, 3.8) is 0 Å². The first-order valence-corrected chi connectivity index (χ1v) is 28.4. The SMILES string of the molecule is CC[C@H](C)[C@@H]([C@@H](CC(=O)N1CCC([C@H](OC)[C@@H](C)C(=O)N[C@H](C)[C@@H](O)c2ccccc2)C1)OC)N(C)C(=O)[C@@H](NC(=O)[C@H](C(C)C)N(C)P(=O)(O)OC(CCc1ccccn1)C(=O)NCCCCCCN=[N+]=[N-])C(C)C. The van der Waals surface area contributed by atoms with Crippen molar-refractivity contribution in [2.75, 3.05) is 54.5 Å². The van der Waals surface area contributed by atoms with Crippen LogP contribution in [0.5, 0.6) is 0 Å². The number of aromatic nitrogens is 1. The van der Waals surface area contributed by atoms with Crippen molar-refractivity contribution in [3.05, 3.63) is 76.4 Å². The minimum Gasteiger partial charge on any atom is -0.386 e. The molecule has 76 heavy (non-hydrogen) atoms. The van der Waals surface area contributed by atoms with Gasteiger partial charge in [-0.3, -0.25) is 33.5 Å². The lowest BCUT2D eigenvalue weighted by Crippen LogP contribution is -2.59. The Morgan fingerprint density at radius 2 is 1.58 bits per heavy atom. The number of likely N-dealkylation sites (N-methyl/N-ethyl adjacent to an activating group) is 2. The molecular formula is C54H89N10O11P. The van der Waals surface area contributed by atoms with Gasteiger partial charge < -0.3 is 45.2 Å². The molecule has 1 saturated heterocycles. The molecule has 3 unspecified atom stereocenters. The highest BCUT2D eigenvalue weighted by atomic mass is 31.2. The summed E-state index contributed by atoms with van der Waals surface area (Å²) in [6.45, 7) is 15.9. The van der Waals surface area contributed by atoms with Gasteiger partial charge in [-0.1, -0.05) is 109 Å². The monoisotopic (exact) mass is 1080 g/mol. The Labute approximate surface area is 451 Å². The van der Waals surface area contributed by atoms with E-state index in [1.165, 1.54) is 19.1 Å². The second-order valence-electron chi connectivity index (χ2n) is 20.9. The van der Waals surface area contributed by atoms with Gasteiger partial charge in [0.1, 0.15) is 18.2 Å². The van der Waals surface area contributed by atoms with Crippen molar-refractivity contribution in [1.29, 1.82) is 0 Å². The Hall–Kier alpha value is -4.98. The maximum absolute atomic E-state index is 14.7. The number of hydrogen-bond donors (Lipinski definition) is 5. The van der Waals surface area contributed by atoms with Crippen LogP contribution in [0, 0.1) is 29.6 Å². The molecule has 0 spiro atoms. The Kier molecular flexibility index (Phi) is 28.1. The summed E-state index contributed by atoms with van der Waals surface area (Å²) in [6, 6.07) is 10.9. The van der Waals surface area contributed by atoms with E-state index >= 15 is 0 Å². The van der Waals surface area contributed by atoms with Crippen molar-refractivity contribution in [1.82, 2.24) is 35.4 Å². The van der Waals surface area contributed by atoms with E-state index in [4.69, 9.17) is 19.5 Å². The van der Waals surface area contributed by atoms with Crippen LogP contribution in [0.25, 0.3) is 10.4 Å². The van der Waals surface area contributed by atoms with Gasteiger partial charge in [0.05, 0.1) is 42.7 Å². The number of benzene rings is 1. The number of amides is 5. The minimum absolute atomic E-state index is 0.0164. The number of aliphatic hydroxyl groups is 1. The fourth-order valence-corrected chi connectivity index (χ4v) is 11.4. The number of pyridine rings is 1. The molecule has 426 valence electrons. The number of ether oxygens (including phenoxy) is 2. The first-order chi connectivity index (χ1) is 36.0. The second-order valence-corrected chi connectivity index (χ2v) is 22.8. The van der Waals surface area contributed by atoms with E-state index in [0.717, 1.165) is 17.5 Å². The minimum atomic E-state index is -4.89. The highest BCUT2D eigenvalue weighted by Crippen LogP contribution is 2.49. The number of azide groups is 1. The first kappa shape index (κ1) is 65.3. The molecular weight excluding hydrogens is 996 g/mol. The summed E-state index contributed by atoms with van der Waals surface area (Å²) >= 11 is 0. The largest absolute Gasteiger partial charge is 0.406 e. The normalized spacial score (nSPS) is 18.5. The van der Waals surface area contributed by atoms with Crippen molar-refractivity contribution >= 4 is 37.3 Å². The van der Waals surface area contributed by atoms with Crippen LogP contribution in [0.3, 0.4) is 0 Å². The Morgan fingerprint density at radius 3 is 2.17 bits per heavy atom. The zero-order valence-corrected chi connectivity index (χ0v) is 47.9. The zero-order chi connectivity index (χ0) is 56.7. The number of methoxy groups -OCH3 is 2. The number of nitrogens with one attached hydrogen (secondary N) is 3. The van der Waals surface area contributed by atoms with Crippen molar-refractivity contribution in [2.45, 2.75) is 162 Å². The molecule has 12 atom stereocenters. The fraction of sp³-hybridized carbons (Fsp3) is 0.704. The third-order valence-corrected chi connectivity index (χ3v) is 16.3. The lowest BCUT2D eigenvalue weighted by atomic mass is 9.89. The van der Waals surface area contributed by atoms with Crippen LogP contribution in [0.15, 0.2) is 59.8 Å². The summed E-state index contributed by atoms with van der Waals surface area (Å²) in [5.41, 5.74) is 9.84. The summed E-state index contributed by atoms with van der Waals surface area (Å²) in [4.78, 5) is 92.4. The van der Waals surface area contributed by atoms with E-state index in [1.54, 1.807) is 97.1 Å². The molecule has 3 rings (SSSR count). The van der Waals surface area contributed by atoms with Gasteiger partial charge in [0, 0.05) is 70.2 Å². The molecule has 2 heterocycles. The van der Waals surface area contributed by atoms with E-state index < -0.39 is 91.8 Å². The Morgan fingerprint density at radius 1 is 0.908 bits per heavy atom. The maximum Gasteiger partial charge on any atom is 0.406 e. The zero-order valence-electron chi connectivity index (χ0n) is 47.0. The molecule has 1 aromatic heterocycles. The van der Waals surface area contributed by atoms with Crippen molar-refractivity contribution in [2.24, 2.45) is 34.7 Å². The van der Waals surface area contributed by atoms with Crippen LogP contribution in [0.2, 0.25) is 0 Å². The third kappa shape index (κ3) is 19.5. The predicted molar refractivity (Wildman–Crippen MR) is 291 cm³/mol. The quantitative estimate of drug-likeness (QED) is 0.0163. The molecule has 0 radical (unpaired) electrons. The fourth-order valence-electron chi connectivity index (χ4n) is 10.0. The summed E-state index contributed by atoms with van der Waals surface area (Å²) < 4.78 is 32.9. The Balaban J connectivity index is 1.74. The lowest BCUT2D eigenvalue weighted by molar-refractivity contribution is -0.146.